The molecule has 0 unspecified atom stereocenters. The molecule has 0 atom stereocenters. The fourth-order valence-electron chi connectivity index (χ4n) is 1.29. The summed E-state index contributed by atoms with van der Waals surface area (Å²) in [5, 5.41) is 0. The SMILES string of the molecule is CC.CC.CC(=O)N1CCC(C)=C(C)C1. The standard InChI is InChI=1S/C9H15NO.2C2H6/c1-7-4-5-10(9(3)11)6-8(7)2;2*1-2/h4-6H2,1-3H3;2*1-2H3. The minimum absolute atomic E-state index is 0.192. The van der Waals surface area contributed by atoms with Gasteiger partial charge in [0.2, 0.25) is 5.91 Å². The van der Waals surface area contributed by atoms with E-state index in [4.69, 9.17) is 0 Å². The van der Waals surface area contributed by atoms with Crippen molar-refractivity contribution in [2.24, 2.45) is 0 Å². The van der Waals surface area contributed by atoms with Gasteiger partial charge in [0.05, 0.1) is 0 Å². The Morgan fingerprint density at radius 2 is 1.53 bits per heavy atom. The molecule has 90 valence electrons. The smallest absolute Gasteiger partial charge is 0.219 e. The zero-order chi connectivity index (χ0) is 12.4. The van der Waals surface area contributed by atoms with Crippen molar-refractivity contribution >= 4 is 5.91 Å². The summed E-state index contributed by atoms with van der Waals surface area (Å²) in [5.41, 5.74) is 2.80. The lowest BCUT2D eigenvalue weighted by molar-refractivity contribution is -0.128. The first-order valence-corrected chi connectivity index (χ1v) is 6.02. The van der Waals surface area contributed by atoms with Gasteiger partial charge in [-0.05, 0) is 20.3 Å². The molecule has 0 spiro atoms. The number of carbonyl (C=O) groups excluding carboxylic acids is 1. The topological polar surface area (TPSA) is 20.3 Å². The fraction of sp³-hybridized carbons (Fsp3) is 0.769. The maximum Gasteiger partial charge on any atom is 0.219 e. The van der Waals surface area contributed by atoms with E-state index in [9.17, 15) is 4.79 Å². The van der Waals surface area contributed by atoms with Crippen molar-refractivity contribution in [2.75, 3.05) is 13.1 Å². The third-order valence-corrected chi connectivity index (χ3v) is 2.36. The summed E-state index contributed by atoms with van der Waals surface area (Å²) in [5.74, 6) is 0.192. The summed E-state index contributed by atoms with van der Waals surface area (Å²) >= 11 is 0. The van der Waals surface area contributed by atoms with E-state index in [-0.39, 0.29) is 5.91 Å². The molecule has 0 aromatic rings. The molecular weight excluding hydrogens is 186 g/mol. The summed E-state index contributed by atoms with van der Waals surface area (Å²) < 4.78 is 0. The van der Waals surface area contributed by atoms with Crippen LogP contribution < -0.4 is 0 Å². The Hall–Kier alpha value is -0.790. The Balaban J connectivity index is 0. The van der Waals surface area contributed by atoms with Gasteiger partial charge < -0.3 is 4.90 Å². The van der Waals surface area contributed by atoms with Gasteiger partial charge in [-0.15, -0.1) is 0 Å². The predicted molar refractivity (Wildman–Crippen MR) is 67.9 cm³/mol. The number of amides is 1. The Morgan fingerprint density at radius 1 is 1.07 bits per heavy atom. The van der Waals surface area contributed by atoms with Crippen LogP contribution in [0.3, 0.4) is 0 Å². The number of carbonyl (C=O) groups is 1. The van der Waals surface area contributed by atoms with E-state index >= 15 is 0 Å². The summed E-state index contributed by atoms with van der Waals surface area (Å²) in [7, 11) is 0. The number of hydrogen-bond acceptors (Lipinski definition) is 1. The molecule has 1 amide bonds. The van der Waals surface area contributed by atoms with Crippen molar-refractivity contribution in [3.8, 4) is 0 Å². The van der Waals surface area contributed by atoms with Crippen LogP contribution >= 0.6 is 0 Å². The largest absolute Gasteiger partial charge is 0.339 e. The Bertz CT molecular complexity index is 207. The Kier molecular flexibility index (Phi) is 10.8. The monoisotopic (exact) mass is 213 g/mol. The molecule has 0 radical (unpaired) electrons. The second-order valence-electron chi connectivity index (χ2n) is 3.25. The molecule has 1 heterocycles. The van der Waals surface area contributed by atoms with Crippen molar-refractivity contribution < 1.29 is 4.79 Å². The summed E-state index contributed by atoms with van der Waals surface area (Å²) in [6, 6.07) is 0. The number of hydrogen-bond donors (Lipinski definition) is 0. The first-order valence-electron chi connectivity index (χ1n) is 6.02. The van der Waals surface area contributed by atoms with E-state index in [0.29, 0.717) is 0 Å². The minimum Gasteiger partial charge on any atom is -0.339 e. The molecule has 0 saturated carbocycles. The van der Waals surface area contributed by atoms with Crippen LogP contribution in [0, 0.1) is 0 Å². The summed E-state index contributed by atoms with van der Waals surface area (Å²) in [6.07, 6.45) is 1.05. The summed E-state index contributed by atoms with van der Waals surface area (Å²) in [6.45, 7) is 15.6. The van der Waals surface area contributed by atoms with Crippen molar-refractivity contribution in [3.63, 3.8) is 0 Å². The number of rotatable bonds is 0. The molecule has 0 bridgehead atoms. The van der Waals surface area contributed by atoms with Gasteiger partial charge in [-0.25, -0.2) is 0 Å². The van der Waals surface area contributed by atoms with E-state index in [1.165, 1.54) is 11.1 Å². The molecule has 1 rings (SSSR count). The molecule has 2 heteroatoms. The molecule has 0 aromatic carbocycles. The van der Waals surface area contributed by atoms with E-state index in [1.807, 2.05) is 32.6 Å². The third-order valence-electron chi connectivity index (χ3n) is 2.36. The average molecular weight is 213 g/mol. The Morgan fingerprint density at radius 3 is 1.87 bits per heavy atom. The lowest BCUT2D eigenvalue weighted by atomic mass is 10.0. The van der Waals surface area contributed by atoms with Crippen LogP contribution in [0.1, 0.15) is 54.9 Å². The quantitative estimate of drug-likeness (QED) is 0.563. The van der Waals surface area contributed by atoms with Gasteiger partial charge in [0, 0.05) is 20.0 Å². The molecule has 0 aromatic heterocycles. The molecule has 15 heavy (non-hydrogen) atoms. The van der Waals surface area contributed by atoms with Crippen LogP contribution in [0.4, 0.5) is 0 Å². The normalized spacial score (nSPS) is 14.7. The zero-order valence-corrected chi connectivity index (χ0v) is 11.5. The van der Waals surface area contributed by atoms with E-state index in [2.05, 4.69) is 13.8 Å². The van der Waals surface area contributed by atoms with Gasteiger partial charge in [0.25, 0.3) is 0 Å². The molecule has 0 N–H and O–H groups in total. The van der Waals surface area contributed by atoms with Crippen LogP contribution in [0.5, 0.6) is 0 Å². The molecule has 2 nitrogen and oxygen atoms in total. The van der Waals surface area contributed by atoms with Gasteiger partial charge in [-0.3, -0.25) is 4.79 Å². The summed E-state index contributed by atoms with van der Waals surface area (Å²) in [4.78, 5) is 12.8. The fourth-order valence-corrected chi connectivity index (χ4v) is 1.29. The molecule has 0 aliphatic carbocycles. The molecule has 0 fully saturated rings. The lowest BCUT2D eigenvalue weighted by Gasteiger charge is -2.27. The second-order valence-corrected chi connectivity index (χ2v) is 3.25. The molecular formula is C13H27NO. The van der Waals surface area contributed by atoms with E-state index in [0.717, 1.165) is 19.5 Å². The zero-order valence-electron chi connectivity index (χ0n) is 11.5. The van der Waals surface area contributed by atoms with Crippen LogP contribution in [0.2, 0.25) is 0 Å². The highest BCUT2D eigenvalue weighted by atomic mass is 16.2. The first-order chi connectivity index (χ1) is 7.11. The van der Waals surface area contributed by atoms with Crippen LogP contribution in [-0.2, 0) is 4.79 Å². The van der Waals surface area contributed by atoms with Crippen LogP contribution in [0.15, 0.2) is 11.1 Å². The lowest BCUT2D eigenvalue weighted by Crippen LogP contribution is -2.34. The molecule has 1 aliphatic rings. The maximum absolute atomic E-state index is 11.0. The van der Waals surface area contributed by atoms with Crippen LogP contribution in [-0.4, -0.2) is 23.9 Å². The van der Waals surface area contributed by atoms with Crippen molar-refractivity contribution in [2.45, 2.75) is 54.9 Å². The average Bonchev–Trinajstić information content (AvgIpc) is 2.27. The van der Waals surface area contributed by atoms with E-state index < -0.39 is 0 Å². The third kappa shape index (κ3) is 6.32. The van der Waals surface area contributed by atoms with Crippen molar-refractivity contribution in [3.05, 3.63) is 11.1 Å². The van der Waals surface area contributed by atoms with Crippen molar-refractivity contribution in [1.29, 1.82) is 0 Å². The highest BCUT2D eigenvalue weighted by molar-refractivity contribution is 5.73. The van der Waals surface area contributed by atoms with Crippen molar-refractivity contribution in [1.82, 2.24) is 4.90 Å². The van der Waals surface area contributed by atoms with Gasteiger partial charge in [-0.1, -0.05) is 38.8 Å². The Labute approximate surface area is 95.4 Å². The second kappa shape index (κ2) is 9.75. The molecule has 0 saturated heterocycles. The first kappa shape index (κ1) is 16.6. The van der Waals surface area contributed by atoms with E-state index in [1.54, 1.807) is 6.92 Å². The minimum atomic E-state index is 0.192. The predicted octanol–water partition coefficient (Wildman–Crippen LogP) is 3.63. The highest BCUT2D eigenvalue weighted by Gasteiger charge is 2.14. The van der Waals surface area contributed by atoms with Gasteiger partial charge in [-0.2, -0.15) is 0 Å². The number of nitrogens with zero attached hydrogens (tertiary/aromatic N) is 1. The maximum atomic E-state index is 11.0. The van der Waals surface area contributed by atoms with Gasteiger partial charge in [0.15, 0.2) is 0 Å². The van der Waals surface area contributed by atoms with Gasteiger partial charge in [0.1, 0.15) is 0 Å². The van der Waals surface area contributed by atoms with Crippen LogP contribution in [0.25, 0.3) is 0 Å². The van der Waals surface area contributed by atoms with Gasteiger partial charge >= 0.3 is 0 Å². The highest BCUT2D eigenvalue weighted by Crippen LogP contribution is 2.16. The molecule has 1 aliphatic heterocycles.